The van der Waals surface area contributed by atoms with Crippen LogP contribution in [0.2, 0.25) is 0 Å². The monoisotopic (exact) mass is 198 g/mol. The van der Waals surface area contributed by atoms with E-state index in [4.69, 9.17) is 11.0 Å². The van der Waals surface area contributed by atoms with Crippen molar-refractivity contribution in [1.82, 2.24) is 9.80 Å². The van der Waals surface area contributed by atoms with E-state index in [1.807, 2.05) is 0 Å². The molecule has 2 N–H and O–H groups in total. The summed E-state index contributed by atoms with van der Waals surface area (Å²) in [5, 5.41) is 8.72. The smallest absolute Gasteiger partial charge is 0.102 e. The normalized spacial score (nSPS) is 15.6. The molecule has 14 heavy (non-hydrogen) atoms. The standard InChI is InChI=1S/C10H22N4/c1-10(12,9-11)5-6-14(4)8-7-13(2)3/h5-8,12H2,1-4H3. The van der Waals surface area contributed by atoms with Crippen LogP contribution in [-0.4, -0.2) is 56.1 Å². The number of nitrogens with two attached hydrogens (primary N) is 1. The average Bonchev–Trinajstić information content (AvgIpc) is 2.11. The van der Waals surface area contributed by atoms with E-state index in [0.717, 1.165) is 19.6 Å². The molecule has 0 aromatic rings. The molecule has 0 saturated heterocycles. The second-order valence-corrected chi connectivity index (χ2v) is 4.39. The fourth-order valence-electron chi connectivity index (χ4n) is 0.962. The predicted octanol–water partition coefficient (Wildman–Crippen LogP) is 0.111. The molecule has 0 aliphatic rings. The third-order valence-corrected chi connectivity index (χ3v) is 2.20. The lowest BCUT2D eigenvalue weighted by atomic mass is 10.0. The fourth-order valence-corrected chi connectivity index (χ4v) is 0.962. The molecule has 0 aliphatic carbocycles. The van der Waals surface area contributed by atoms with Gasteiger partial charge in [-0.25, -0.2) is 0 Å². The van der Waals surface area contributed by atoms with Crippen LogP contribution < -0.4 is 5.73 Å². The van der Waals surface area contributed by atoms with Crippen molar-refractivity contribution >= 4 is 0 Å². The lowest BCUT2D eigenvalue weighted by molar-refractivity contribution is 0.268. The van der Waals surface area contributed by atoms with Gasteiger partial charge in [-0.3, -0.25) is 0 Å². The van der Waals surface area contributed by atoms with Gasteiger partial charge in [-0.15, -0.1) is 0 Å². The summed E-state index contributed by atoms with van der Waals surface area (Å²) in [6.07, 6.45) is 0.716. The maximum Gasteiger partial charge on any atom is 0.102 e. The highest BCUT2D eigenvalue weighted by molar-refractivity contribution is 5.00. The van der Waals surface area contributed by atoms with Gasteiger partial charge >= 0.3 is 0 Å². The molecule has 0 heterocycles. The van der Waals surface area contributed by atoms with Crippen LogP contribution in [0.3, 0.4) is 0 Å². The summed E-state index contributed by atoms with van der Waals surface area (Å²) in [5.74, 6) is 0. The SMILES string of the molecule is CN(C)CCN(C)CCC(C)(N)C#N. The number of hydrogen-bond donors (Lipinski definition) is 1. The molecule has 0 spiro atoms. The van der Waals surface area contributed by atoms with E-state index in [0.29, 0.717) is 6.42 Å². The zero-order chi connectivity index (χ0) is 11.2. The van der Waals surface area contributed by atoms with Crippen LogP contribution in [0.4, 0.5) is 0 Å². The number of nitriles is 1. The Labute approximate surface area is 87.3 Å². The second kappa shape index (κ2) is 5.97. The molecule has 0 saturated carbocycles. The number of rotatable bonds is 6. The van der Waals surface area contributed by atoms with E-state index < -0.39 is 5.54 Å². The maximum atomic E-state index is 8.72. The molecule has 4 nitrogen and oxygen atoms in total. The minimum Gasteiger partial charge on any atom is -0.314 e. The van der Waals surface area contributed by atoms with Gasteiger partial charge in [0.1, 0.15) is 5.54 Å². The van der Waals surface area contributed by atoms with Crippen LogP contribution in [0, 0.1) is 11.3 Å². The van der Waals surface area contributed by atoms with E-state index in [2.05, 4.69) is 37.0 Å². The van der Waals surface area contributed by atoms with Crippen LogP contribution in [-0.2, 0) is 0 Å². The van der Waals surface area contributed by atoms with Crippen molar-refractivity contribution in [1.29, 1.82) is 5.26 Å². The van der Waals surface area contributed by atoms with Crippen LogP contribution >= 0.6 is 0 Å². The summed E-state index contributed by atoms with van der Waals surface area (Å²) in [4.78, 5) is 4.34. The zero-order valence-corrected chi connectivity index (χ0v) is 9.75. The van der Waals surface area contributed by atoms with E-state index in [1.54, 1.807) is 6.92 Å². The largest absolute Gasteiger partial charge is 0.314 e. The van der Waals surface area contributed by atoms with E-state index in [9.17, 15) is 0 Å². The quantitative estimate of drug-likeness (QED) is 0.658. The Hall–Kier alpha value is -0.630. The van der Waals surface area contributed by atoms with E-state index in [1.165, 1.54) is 0 Å². The Morgan fingerprint density at radius 3 is 2.21 bits per heavy atom. The lowest BCUT2D eigenvalue weighted by Gasteiger charge is -2.22. The number of likely N-dealkylation sites (N-methyl/N-ethyl adjacent to an activating group) is 2. The summed E-state index contributed by atoms with van der Waals surface area (Å²) in [7, 11) is 6.16. The average molecular weight is 198 g/mol. The molecule has 0 fully saturated rings. The van der Waals surface area contributed by atoms with Gasteiger partial charge < -0.3 is 15.5 Å². The van der Waals surface area contributed by atoms with Gasteiger partial charge in [-0.05, 0) is 34.5 Å². The van der Waals surface area contributed by atoms with Crippen molar-refractivity contribution in [2.24, 2.45) is 5.73 Å². The first-order chi connectivity index (χ1) is 6.37. The minimum absolute atomic E-state index is 0.688. The Morgan fingerprint density at radius 1 is 1.21 bits per heavy atom. The van der Waals surface area contributed by atoms with Crippen molar-refractivity contribution in [3.8, 4) is 6.07 Å². The molecule has 82 valence electrons. The van der Waals surface area contributed by atoms with Crippen molar-refractivity contribution in [2.45, 2.75) is 18.9 Å². The van der Waals surface area contributed by atoms with E-state index in [-0.39, 0.29) is 0 Å². The van der Waals surface area contributed by atoms with Gasteiger partial charge in [-0.1, -0.05) is 0 Å². The van der Waals surface area contributed by atoms with Gasteiger partial charge in [0.15, 0.2) is 0 Å². The zero-order valence-electron chi connectivity index (χ0n) is 9.75. The van der Waals surface area contributed by atoms with Crippen LogP contribution in [0.25, 0.3) is 0 Å². The molecule has 1 atom stereocenters. The van der Waals surface area contributed by atoms with Gasteiger partial charge in [0, 0.05) is 19.6 Å². The Kier molecular flexibility index (Phi) is 5.70. The highest BCUT2D eigenvalue weighted by Crippen LogP contribution is 2.04. The lowest BCUT2D eigenvalue weighted by Crippen LogP contribution is -2.39. The van der Waals surface area contributed by atoms with Crippen LogP contribution in [0.1, 0.15) is 13.3 Å². The van der Waals surface area contributed by atoms with Gasteiger partial charge in [0.05, 0.1) is 6.07 Å². The van der Waals surface area contributed by atoms with Crippen molar-refractivity contribution < 1.29 is 0 Å². The number of hydrogen-bond acceptors (Lipinski definition) is 4. The van der Waals surface area contributed by atoms with Crippen molar-refractivity contribution in [3.05, 3.63) is 0 Å². The topological polar surface area (TPSA) is 56.3 Å². The maximum absolute atomic E-state index is 8.72. The summed E-state index contributed by atoms with van der Waals surface area (Å²) in [6, 6.07) is 2.10. The molecule has 4 heteroatoms. The van der Waals surface area contributed by atoms with Crippen molar-refractivity contribution in [2.75, 3.05) is 40.8 Å². The highest BCUT2D eigenvalue weighted by Gasteiger charge is 2.17. The Bertz CT molecular complexity index is 193. The first-order valence-corrected chi connectivity index (χ1v) is 4.91. The van der Waals surface area contributed by atoms with Crippen LogP contribution in [0.5, 0.6) is 0 Å². The molecule has 0 amide bonds. The third-order valence-electron chi connectivity index (χ3n) is 2.20. The summed E-state index contributed by atoms with van der Waals surface area (Å²) >= 11 is 0. The van der Waals surface area contributed by atoms with Gasteiger partial charge in [0.2, 0.25) is 0 Å². The third kappa shape index (κ3) is 6.84. The highest BCUT2D eigenvalue weighted by atomic mass is 15.1. The molecule has 1 unspecified atom stereocenters. The summed E-state index contributed by atoms with van der Waals surface area (Å²) < 4.78 is 0. The first kappa shape index (κ1) is 13.4. The molecule has 0 rings (SSSR count). The second-order valence-electron chi connectivity index (χ2n) is 4.39. The molecule has 0 radical (unpaired) electrons. The van der Waals surface area contributed by atoms with Crippen molar-refractivity contribution in [3.63, 3.8) is 0 Å². The first-order valence-electron chi connectivity index (χ1n) is 4.91. The molecule has 0 bridgehead atoms. The predicted molar refractivity (Wildman–Crippen MR) is 58.9 cm³/mol. The minimum atomic E-state index is -0.688. The molecular formula is C10H22N4. The summed E-state index contributed by atoms with van der Waals surface area (Å²) in [6.45, 7) is 4.68. The molecule has 0 aliphatic heterocycles. The van der Waals surface area contributed by atoms with Gasteiger partial charge in [0.25, 0.3) is 0 Å². The Morgan fingerprint density at radius 2 is 1.79 bits per heavy atom. The molecule has 0 aromatic heterocycles. The number of nitrogens with zero attached hydrogens (tertiary/aromatic N) is 3. The van der Waals surface area contributed by atoms with E-state index >= 15 is 0 Å². The van der Waals surface area contributed by atoms with Crippen LogP contribution in [0.15, 0.2) is 0 Å². The Balaban J connectivity index is 3.65. The fraction of sp³-hybridized carbons (Fsp3) is 0.900. The molecular weight excluding hydrogens is 176 g/mol. The summed E-state index contributed by atoms with van der Waals surface area (Å²) in [5.41, 5.74) is 5.03. The van der Waals surface area contributed by atoms with Gasteiger partial charge in [-0.2, -0.15) is 5.26 Å². The molecule has 0 aromatic carbocycles.